The van der Waals surface area contributed by atoms with Gasteiger partial charge in [0.25, 0.3) is 0 Å². The van der Waals surface area contributed by atoms with Crippen LogP contribution in [0.25, 0.3) is 0 Å². The molecule has 0 saturated carbocycles. The van der Waals surface area contributed by atoms with E-state index in [0.29, 0.717) is 43.4 Å². The first-order valence-electron chi connectivity index (χ1n) is 9.13. The third-order valence-corrected chi connectivity index (χ3v) is 4.01. The number of ether oxygens (including phenoxy) is 2. The van der Waals surface area contributed by atoms with Crippen molar-refractivity contribution < 1.29 is 13.9 Å². The number of hydrogen-bond donors (Lipinski definition) is 2. The van der Waals surface area contributed by atoms with Crippen LogP contribution in [0.1, 0.15) is 37.3 Å². The lowest BCUT2D eigenvalue weighted by Crippen LogP contribution is -2.38. The highest BCUT2D eigenvalue weighted by Crippen LogP contribution is 2.12. The molecule has 0 aromatic heterocycles. The van der Waals surface area contributed by atoms with E-state index < -0.39 is 0 Å². The highest BCUT2D eigenvalue weighted by Gasteiger charge is 2.14. The summed E-state index contributed by atoms with van der Waals surface area (Å²) in [5, 5.41) is 15.3. The van der Waals surface area contributed by atoms with Crippen molar-refractivity contribution in [2.45, 2.75) is 38.8 Å². The first-order chi connectivity index (χ1) is 12.7. The van der Waals surface area contributed by atoms with Crippen LogP contribution < -0.4 is 10.6 Å². The van der Waals surface area contributed by atoms with Gasteiger partial charge in [0.2, 0.25) is 0 Å². The van der Waals surface area contributed by atoms with Crippen molar-refractivity contribution >= 4 is 29.9 Å². The largest absolute Gasteiger partial charge is 0.379 e. The summed E-state index contributed by atoms with van der Waals surface area (Å²) < 4.78 is 24.9. The van der Waals surface area contributed by atoms with Crippen molar-refractivity contribution in [1.82, 2.24) is 10.6 Å². The summed E-state index contributed by atoms with van der Waals surface area (Å²) in [5.74, 6) is 0.263. The van der Waals surface area contributed by atoms with Crippen molar-refractivity contribution in [1.29, 1.82) is 5.26 Å². The van der Waals surface area contributed by atoms with E-state index in [-0.39, 0.29) is 42.4 Å². The molecule has 150 valence electrons. The van der Waals surface area contributed by atoms with Gasteiger partial charge in [-0.25, -0.2) is 9.38 Å². The van der Waals surface area contributed by atoms with Crippen LogP contribution in [0.3, 0.4) is 0 Å². The molecular weight excluding hydrogens is 462 g/mol. The Hall–Kier alpha value is -1.44. The molecule has 0 amide bonds. The number of nitrogens with zero attached hydrogens (tertiary/aromatic N) is 2. The van der Waals surface area contributed by atoms with Crippen LogP contribution in [-0.4, -0.2) is 45.0 Å². The van der Waals surface area contributed by atoms with Crippen LogP contribution in [0, 0.1) is 17.1 Å². The van der Waals surface area contributed by atoms with Crippen molar-refractivity contribution in [3.8, 4) is 6.07 Å². The Morgan fingerprint density at radius 1 is 1.44 bits per heavy atom. The van der Waals surface area contributed by atoms with E-state index in [1.165, 1.54) is 18.2 Å². The fourth-order valence-corrected chi connectivity index (χ4v) is 2.64. The molecule has 6 nitrogen and oxygen atoms in total. The van der Waals surface area contributed by atoms with Crippen LogP contribution in [0.2, 0.25) is 0 Å². The van der Waals surface area contributed by atoms with Crippen LogP contribution in [-0.2, 0) is 16.0 Å². The second-order valence-electron chi connectivity index (χ2n) is 6.10. The number of guanidine groups is 1. The SMILES string of the molecule is CCNC(=NCc1cc(C#N)ccc1F)NCCCOCC1CCCO1.I. The summed E-state index contributed by atoms with van der Waals surface area (Å²) in [6.07, 6.45) is 3.30. The lowest BCUT2D eigenvalue weighted by molar-refractivity contribution is 0.0168. The predicted molar refractivity (Wildman–Crippen MR) is 114 cm³/mol. The van der Waals surface area contributed by atoms with Gasteiger partial charge in [-0.1, -0.05) is 0 Å². The molecule has 1 saturated heterocycles. The predicted octanol–water partition coefficient (Wildman–Crippen LogP) is 2.96. The third kappa shape index (κ3) is 8.86. The summed E-state index contributed by atoms with van der Waals surface area (Å²) in [7, 11) is 0. The molecule has 1 aromatic carbocycles. The van der Waals surface area contributed by atoms with Gasteiger partial charge in [-0.05, 0) is 44.4 Å². The van der Waals surface area contributed by atoms with Gasteiger partial charge in [-0.2, -0.15) is 5.26 Å². The topological polar surface area (TPSA) is 78.7 Å². The van der Waals surface area contributed by atoms with Gasteiger partial charge in [0, 0.05) is 31.9 Å². The zero-order valence-electron chi connectivity index (χ0n) is 15.7. The van der Waals surface area contributed by atoms with Gasteiger partial charge in [0.1, 0.15) is 5.82 Å². The van der Waals surface area contributed by atoms with E-state index >= 15 is 0 Å². The average Bonchev–Trinajstić information content (AvgIpc) is 3.17. The van der Waals surface area contributed by atoms with E-state index in [1.54, 1.807) is 0 Å². The quantitative estimate of drug-likeness (QED) is 0.241. The Kier molecular flexibility index (Phi) is 12.0. The first kappa shape index (κ1) is 23.6. The summed E-state index contributed by atoms with van der Waals surface area (Å²) in [5.41, 5.74) is 0.833. The molecule has 27 heavy (non-hydrogen) atoms. The lowest BCUT2D eigenvalue weighted by Gasteiger charge is -2.13. The van der Waals surface area contributed by atoms with E-state index in [1.807, 2.05) is 13.0 Å². The Balaban J connectivity index is 0.00000364. The molecule has 1 atom stereocenters. The molecule has 1 unspecified atom stereocenters. The second kappa shape index (κ2) is 13.7. The standard InChI is InChI=1S/C19H27FN4O2.HI/c1-2-22-19(23-8-4-9-25-14-17-5-3-10-26-17)24-13-16-11-15(12-21)6-7-18(16)20;/h6-7,11,17H,2-5,8-10,13-14H2,1H3,(H2,22,23,24);1H. The number of nitriles is 1. The Morgan fingerprint density at radius 3 is 3.00 bits per heavy atom. The van der Waals surface area contributed by atoms with E-state index in [9.17, 15) is 4.39 Å². The van der Waals surface area contributed by atoms with Crippen LogP contribution in [0.4, 0.5) is 4.39 Å². The zero-order valence-corrected chi connectivity index (χ0v) is 18.0. The smallest absolute Gasteiger partial charge is 0.191 e. The number of halogens is 2. The first-order valence-corrected chi connectivity index (χ1v) is 9.13. The minimum absolute atomic E-state index is 0. The highest BCUT2D eigenvalue weighted by molar-refractivity contribution is 14.0. The van der Waals surface area contributed by atoms with Crippen LogP contribution in [0.15, 0.2) is 23.2 Å². The van der Waals surface area contributed by atoms with Crippen LogP contribution >= 0.6 is 24.0 Å². The Bertz CT molecular complexity index is 631. The minimum atomic E-state index is -0.355. The van der Waals surface area contributed by atoms with Crippen molar-refractivity contribution in [3.05, 3.63) is 35.1 Å². The number of benzene rings is 1. The maximum atomic E-state index is 13.8. The van der Waals surface area contributed by atoms with Gasteiger partial charge in [-0.15, -0.1) is 24.0 Å². The normalized spacial score (nSPS) is 16.5. The molecule has 0 radical (unpaired) electrons. The fraction of sp³-hybridized carbons (Fsp3) is 0.579. The fourth-order valence-electron chi connectivity index (χ4n) is 2.64. The molecule has 2 rings (SSSR count). The molecule has 2 N–H and O–H groups in total. The molecule has 0 aliphatic carbocycles. The number of aliphatic imine (C=N–C) groups is 1. The molecular formula is C19H28FIN4O2. The maximum Gasteiger partial charge on any atom is 0.191 e. The molecule has 1 heterocycles. The molecule has 1 fully saturated rings. The van der Waals surface area contributed by atoms with Crippen molar-refractivity contribution in [3.63, 3.8) is 0 Å². The zero-order chi connectivity index (χ0) is 18.6. The summed E-state index contributed by atoms with van der Waals surface area (Å²) in [6, 6.07) is 6.30. The van der Waals surface area contributed by atoms with Gasteiger partial charge < -0.3 is 20.1 Å². The van der Waals surface area contributed by atoms with E-state index in [0.717, 1.165) is 25.9 Å². The number of hydrogen-bond acceptors (Lipinski definition) is 4. The molecule has 1 aliphatic rings. The Labute approximate surface area is 177 Å². The number of nitrogens with one attached hydrogen (secondary N) is 2. The monoisotopic (exact) mass is 490 g/mol. The second-order valence-corrected chi connectivity index (χ2v) is 6.10. The summed E-state index contributed by atoms with van der Waals surface area (Å²) >= 11 is 0. The van der Waals surface area contributed by atoms with Crippen LogP contribution in [0.5, 0.6) is 0 Å². The van der Waals surface area contributed by atoms with Gasteiger partial charge in [-0.3, -0.25) is 0 Å². The third-order valence-electron chi connectivity index (χ3n) is 4.01. The minimum Gasteiger partial charge on any atom is -0.379 e. The lowest BCUT2D eigenvalue weighted by atomic mass is 10.1. The van der Waals surface area contributed by atoms with Crippen molar-refractivity contribution in [2.24, 2.45) is 4.99 Å². The summed E-state index contributed by atoms with van der Waals surface area (Å²) in [4.78, 5) is 4.38. The summed E-state index contributed by atoms with van der Waals surface area (Å²) in [6.45, 7) is 5.72. The van der Waals surface area contributed by atoms with E-state index in [4.69, 9.17) is 14.7 Å². The Morgan fingerprint density at radius 2 is 2.30 bits per heavy atom. The molecule has 0 spiro atoms. The van der Waals surface area contributed by atoms with Gasteiger partial charge >= 0.3 is 0 Å². The number of rotatable bonds is 9. The molecule has 8 heteroatoms. The average molecular weight is 490 g/mol. The highest BCUT2D eigenvalue weighted by atomic mass is 127. The van der Waals surface area contributed by atoms with E-state index in [2.05, 4.69) is 15.6 Å². The molecule has 1 aliphatic heterocycles. The van der Waals surface area contributed by atoms with Gasteiger partial charge in [0.15, 0.2) is 5.96 Å². The maximum absolute atomic E-state index is 13.8. The molecule has 0 bridgehead atoms. The molecule has 1 aromatic rings. The van der Waals surface area contributed by atoms with Gasteiger partial charge in [0.05, 0.1) is 30.9 Å². The van der Waals surface area contributed by atoms with Crippen molar-refractivity contribution in [2.75, 3.05) is 32.9 Å².